The molecule has 0 radical (unpaired) electrons. The molecule has 0 spiro atoms. The Bertz CT molecular complexity index is 396. The van der Waals surface area contributed by atoms with Crippen molar-refractivity contribution in [3.8, 4) is 5.75 Å². The van der Waals surface area contributed by atoms with Crippen molar-refractivity contribution in [2.24, 2.45) is 11.8 Å². The molecule has 0 amide bonds. The summed E-state index contributed by atoms with van der Waals surface area (Å²) in [5.41, 5.74) is 4.14. The summed E-state index contributed by atoms with van der Waals surface area (Å²) in [4.78, 5) is 0. The van der Waals surface area contributed by atoms with Crippen LogP contribution in [0.1, 0.15) is 40.2 Å². The highest BCUT2D eigenvalue weighted by molar-refractivity contribution is 5.63. The number of rotatable bonds is 2. The third kappa shape index (κ3) is 1.88. The lowest BCUT2D eigenvalue weighted by Crippen LogP contribution is -2.22. The Morgan fingerprint density at radius 1 is 1.11 bits per heavy atom. The number of hydrogen-bond donors (Lipinski definition) is 1. The number of benzene rings is 1. The normalized spacial score (nSPS) is 25.0. The van der Waals surface area contributed by atoms with E-state index < -0.39 is 0 Å². The molecule has 0 bridgehead atoms. The van der Waals surface area contributed by atoms with E-state index in [2.05, 4.69) is 45.1 Å². The molecule has 0 saturated heterocycles. The molecule has 0 aromatic heterocycles. The molecule has 3 rings (SSSR count). The minimum absolute atomic E-state index is 0. The van der Waals surface area contributed by atoms with Crippen LogP contribution in [0.4, 0.5) is 5.69 Å². The van der Waals surface area contributed by atoms with Gasteiger partial charge in [0.15, 0.2) is 0 Å². The molecule has 1 N–H and O–H groups in total. The van der Waals surface area contributed by atoms with Crippen molar-refractivity contribution in [3.63, 3.8) is 0 Å². The summed E-state index contributed by atoms with van der Waals surface area (Å²) in [5.74, 6) is 2.39. The third-order valence-electron chi connectivity index (χ3n) is 4.31. The van der Waals surface area contributed by atoms with Crippen LogP contribution in [0.3, 0.4) is 0 Å². The zero-order valence-electron chi connectivity index (χ0n) is 11.8. The molecule has 0 fully saturated rings. The average Bonchev–Trinajstić information content (AvgIpc) is 2.87. The molecule has 2 aliphatic rings. The van der Waals surface area contributed by atoms with E-state index in [-0.39, 0.29) is 1.43 Å². The minimum Gasteiger partial charge on any atom is -0.490 e. The smallest absolute Gasteiger partial charge is 0.123 e. The fourth-order valence-electron chi connectivity index (χ4n) is 2.92. The van der Waals surface area contributed by atoms with Gasteiger partial charge in [0.25, 0.3) is 0 Å². The maximum atomic E-state index is 6.06. The van der Waals surface area contributed by atoms with Crippen LogP contribution < -0.4 is 10.1 Å². The first-order valence-electron chi connectivity index (χ1n) is 7.13. The van der Waals surface area contributed by atoms with Gasteiger partial charge in [-0.05, 0) is 41.5 Å². The second-order valence-electron chi connectivity index (χ2n) is 6.42. The monoisotopic (exact) mass is 247 g/mol. The molecular weight excluding hydrogens is 222 g/mol. The lowest BCUT2D eigenvalue weighted by molar-refractivity contribution is 0.178. The van der Waals surface area contributed by atoms with Crippen molar-refractivity contribution < 1.29 is 6.16 Å². The van der Waals surface area contributed by atoms with Crippen LogP contribution in [0.25, 0.3) is 0 Å². The SMILES string of the molecule is CC(C)C1Cc2cc3c(cc2N1)CC(C(C)C)O3.[HH]. The Balaban J connectivity index is 0.00000133. The molecule has 2 heterocycles. The zero-order valence-corrected chi connectivity index (χ0v) is 11.8. The van der Waals surface area contributed by atoms with E-state index in [9.17, 15) is 0 Å². The molecule has 1 aromatic carbocycles. The zero-order chi connectivity index (χ0) is 12.9. The summed E-state index contributed by atoms with van der Waals surface area (Å²) in [5, 5.41) is 3.65. The predicted molar refractivity (Wildman–Crippen MR) is 77.5 cm³/mol. The van der Waals surface area contributed by atoms with E-state index in [0.29, 0.717) is 24.0 Å². The molecule has 2 aliphatic heterocycles. The minimum atomic E-state index is 0. The van der Waals surface area contributed by atoms with Crippen molar-refractivity contribution in [3.05, 3.63) is 23.3 Å². The summed E-state index contributed by atoms with van der Waals surface area (Å²) >= 11 is 0. The first-order valence-corrected chi connectivity index (χ1v) is 7.13. The van der Waals surface area contributed by atoms with Gasteiger partial charge in [0.1, 0.15) is 11.9 Å². The van der Waals surface area contributed by atoms with E-state index in [1.165, 1.54) is 16.8 Å². The number of nitrogens with one attached hydrogen (secondary N) is 1. The number of fused-ring (bicyclic) bond motifs is 2. The lowest BCUT2D eigenvalue weighted by Gasteiger charge is -2.15. The molecule has 2 atom stereocenters. The van der Waals surface area contributed by atoms with Crippen LogP contribution in [0.2, 0.25) is 0 Å². The first kappa shape index (κ1) is 11.9. The molecular formula is C16H25NO. The van der Waals surface area contributed by atoms with E-state index in [1.54, 1.807) is 0 Å². The van der Waals surface area contributed by atoms with E-state index in [1.807, 2.05) is 0 Å². The van der Waals surface area contributed by atoms with Gasteiger partial charge in [-0.3, -0.25) is 0 Å². The van der Waals surface area contributed by atoms with Gasteiger partial charge in [-0.25, -0.2) is 0 Å². The van der Waals surface area contributed by atoms with Crippen molar-refractivity contribution in [2.45, 2.75) is 52.7 Å². The fourth-order valence-corrected chi connectivity index (χ4v) is 2.92. The number of ether oxygens (including phenoxy) is 1. The maximum Gasteiger partial charge on any atom is 0.123 e. The highest BCUT2D eigenvalue weighted by Crippen LogP contribution is 2.39. The van der Waals surface area contributed by atoms with Gasteiger partial charge in [-0.2, -0.15) is 0 Å². The Morgan fingerprint density at radius 3 is 2.56 bits per heavy atom. The van der Waals surface area contributed by atoms with Crippen LogP contribution in [0.15, 0.2) is 12.1 Å². The van der Waals surface area contributed by atoms with Crippen LogP contribution in [-0.2, 0) is 12.8 Å². The first-order chi connectivity index (χ1) is 8.54. The highest BCUT2D eigenvalue weighted by Gasteiger charge is 2.30. The van der Waals surface area contributed by atoms with Crippen molar-refractivity contribution in [1.82, 2.24) is 0 Å². The van der Waals surface area contributed by atoms with E-state index in [0.717, 1.165) is 18.6 Å². The van der Waals surface area contributed by atoms with Crippen molar-refractivity contribution in [2.75, 3.05) is 5.32 Å². The summed E-state index contributed by atoms with van der Waals surface area (Å²) in [6.45, 7) is 9.03. The summed E-state index contributed by atoms with van der Waals surface area (Å²) in [6, 6.07) is 5.17. The van der Waals surface area contributed by atoms with Crippen molar-refractivity contribution >= 4 is 5.69 Å². The Morgan fingerprint density at radius 2 is 1.89 bits per heavy atom. The van der Waals surface area contributed by atoms with Gasteiger partial charge in [0.2, 0.25) is 0 Å². The Kier molecular flexibility index (Phi) is 2.76. The van der Waals surface area contributed by atoms with Crippen LogP contribution in [-0.4, -0.2) is 12.1 Å². The standard InChI is InChI=1S/C16H23NO.H2/c1-9(2)13-5-11-7-16-12(6-14(11)17-13)8-15(18-16)10(3)4;/h6-7,9-10,13,15,17H,5,8H2,1-4H3;1H. The van der Waals surface area contributed by atoms with Gasteiger partial charge in [0.05, 0.1) is 0 Å². The molecule has 100 valence electrons. The molecule has 0 aliphatic carbocycles. The largest absolute Gasteiger partial charge is 0.490 e. The number of anilines is 1. The van der Waals surface area contributed by atoms with Crippen LogP contribution in [0, 0.1) is 11.8 Å². The van der Waals surface area contributed by atoms with Crippen molar-refractivity contribution in [1.29, 1.82) is 0 Å². The summed E-state index contributed by atoms with van der Waals surface area (Å²) in [6.07, 6.45) is 2.56. The quantitative estimate of drug-likeness (QED) is 0.856. The average molecular weight is 247 g/mol. The second-order valence-corrected chi connectivity index (χ2v) is 6.42. The number of hydrogen-bond acceptors (Lipinski definition) is 2. The summed E-state index contributed by atoms with van der Waals surface area (Å²) < 4.78 is 6.06. The van der Waals surface area contributed by atoms with Crippen LogP contribution >= 0.6 is 0 Å². The van der Waals surface area contributed by atoms with E-state index >= 15 is 0 Å². The molecule has 2 nitrogen and oxygen atoms in total. The second kappa shape index (κ2) is 4.18. The lowest BCUT2D eigenvalue weighted by atomic mass is 9.98. The van der Waals surface area contributed by atoms with Gasteiger partial charge in [-0.1, -0.05) is 27.7 Å². The molecule has 2 unspecified atom stereocenters. The molecule has 1 aromatic rings. The molecule has 18 heavy (non-hydrogen) atoms. The summed E-state index contributed by atoms with van der Waals surface area (Å²) in [7, 11) is 0. The van der Waals surface area contributed by atoms with Gasteiger partial charge >= 0.3 is 0 Å². The topological polar surface area (TPSA) is 21.3 Å². The van der Waals surface area contributed by atoms with Gasteiger partial charge in [0, 0.05) is 19.6 Å². The Labute approximate surface area is 111 Å². The van der Waals surface area contributed by atoms with Crippen LogP contribution in [0.5, 0.6) is 5.75 Å². The van der Waals surface area contributed by atoms with Gasteiger partial charge in [-0.15, -0.1) is 0 Å². The fraction of sp³-hybridized carbons (Fsp3) is 0.625. The predicted octanol–water partition coefficient (Wildman–Crippen LogP) is 3.88. The van der Waals surface area contributed by atoms with Gasteiger partial charge < -0.3 is 10.1 Å². The molecule has 0 saturated carbocycles. The maximum absolute atomic E-state index is 6.06. The third-order valence-corrected chi connectivity index (χ3v) is 4.31. The van der Waals surface area contributed by atoms with E-state index in [4.69, 9.17) is 4.74 Å². The highest BCUT2D eigenvalue weighted by atomic mass is 16.5. The molecule has 2 heteroatoms. The Hall–Kier alpha value is -1.18.